The van der Waals surface area contributed by atoms with Gasteiger partial charge in [-0.3, -0.25) is 14.9 Å². The van der Waals surface area contributed by atoms with Gasteiger partial charge in [-0.25, -0.2) is 5.43 Å². The molecule has 0 saturated heterocycles. The molecule has 0 aliphatic carbocycles. The molecule has 3 aromatic rings. The van der Waals surface area contributed by atoms with Crippen molar-refractivity contribution in [3.63, 3.8) is 0 Å². The average molecular weight is 362 g/mol. The topological polar surface area (TPSA) is 152 Å². The maximum Gasteiger partial charge on any atom is 0.433 e. The van der Waals surface area contributed by atoms with Crippen LogP contribution in [-0.2, 0) is 4.79 Å². The van der Waals surface area contributed by atoms with Crippen LogP contribution in [0.4, 0.5) is 5.88 Å². The van der Waals surface area contributed by atoms with Crippen molar-refractivity contribution < 1.29 is 18.6 Å². The number of nitrogens with zero attached hydrogens (tertiary/aromatic N) is 4. The molecule has 12 heteroatoms. The Kier molecular flexibility index (Phi) is 4.89. The smallest absolute Gasteiger partial charge is 0.408 e. The summed E-state index contributed by atoms with van der Waals surface area (Å²) >= 11 is 0.995. The van der Waals surface area contributed by atoms with Gasteiger partial charge in [0.2, 0.25) is 0 Å². The minimum Gasteiger partial charge on any atom is -0.408 e. The molecule has 0 saturated carbocycles. The third-order valence-electron chi connectivity index (χ3n) is 2.73. The van der Waals surface area contributed by atoms with Crippen LogP contribution in [-0.4, -0.2) is 38.0 Å². The number of nitrogens with one attached hydrogen (secondary N) is 2. The summed E-state index contributed by atoms with van der Waals surface area (Å²) in [6.07, 6.45) is 3.21. The van der Waals surface area contributed by atoms with Gasteiger partial charge < -0.3 is 13.8 Å². The third kappa shape index (κ3) is 4.32. The van der Waals surface area contributed by atoms with Crippen molar-refractivity contribution in [1.29, 1.82) is 0 Å². The molecule has 2 N–H and O–H groups in total. The van der Waals surface area contributed by atoms with Crippen molar-refractivity contribution in [3.8, 4) is 11.7 Å². The molecule has 25 heavy (non-hydrogen) atoms. The zero-order chi connectivity index (χ0) is 17.6. The quantitative estimate of drug-likeness (QED) is 0.279. The van der Waals surface area contributed by atoms with Gasteiger partial charge in [0.25, 0.3) is 17.0 Å². The molecule has 0 bridgehead atoms. The van der Waals surface area contributed by atoms with Gasteiger partial charge in [0.1, 0.15) is 4.92 Å². The molecule has 0 aliphatic heterocycles. The number of hydrogen-bond acceptors (Lipinski definition) is 9. The number of nitro groups is 1. The van der Waals surface area contributed by atoms with E-state index in [1.807, 2.05) is 0 Å². The fourth-order valence-corrected chi connectivity index (χ4v) is 2.22. The third-order valence-corrected chi connectivity index (χ3v) is 3.55. The number of amides is 1. The summed E-state index contributed by atoms with van der Waals surface area (Å²) in [5, 5.41) is 21.9. The predicted octanol–water partition coefficient (Wildman–Crippen LogP) is 1.81. The number of aromatic amines is 1. The molecule has 128 valence electrons. The minimum absolute atomic E-state index is 0.00199. The summed E-state index contributed by atoms with van der Waals surface area (Å²) in [7, 11) is 0. The number of hydrazone groups is 1. The van der Waals surface area contributed by atoms with Gasteiger partial charge in [-0.15, -0.1) is 10.2 Å². The number of rotatable bonds is 7. The molecule has 0 unspecified atom stereocenters. The van der Waals surface area contributed by atoms with Crippen LogP contribution in [0.5, 0.6) is 0 Å². The number of hydrogen-bond donors (Lipinski definition) is 2. The van der Waals surface area contributed by atoms with E-state index in [-0.39, 0.29) is 28.5 Å². The maximum atomic E-state index is 11.7. The first-order valence-electron chi connectivity index (χ1n) is 6.78. The summed E-state index contributed by atoms with van der Waals surface area (Å²) < 4.78 is 10.2. The van der Waals surface area contributed by atoms with Crippen molar-refractivity contribution in [3.05, 3.63) is 46.3 Å². The second-order valence-corrected chi connectivity index (χ2v) is 5.40. The lowest BCUT2D eigenvalue weighted by Crippen LogP contribution is -2.19. The zero-order valence-electron chi connectivity index (χ0n) is 12.4. The molecule has 0 aliphatic rings. The van der Waals surface area contributed by atoms with Crippen LogP contribution in [0.1, 0.15) is 5.69 Å². The molecule has 3 aromatic heterocycles. The van der Waals surface area contributed by atoms with Gasteiger partial charge in [-0.1, -0.05) is 11.8 Å². The van der Waals surface area contributed by atoms with E-state index in [0.717, 1.165) is 17.5 Å². The highest BCUT2D eigenvalue weighted by molar-refractivity contribution is 7.99. The van der Waals surface area contributed by atoms with Crippen LogP contribution in [0.15, 0.2) is 49.6 Å². The largest absolute Gasteiger partial charge is 0.433 e. The molecule has 1 amide bonds. The van der Waals surface area contributed by atoms with E-state index in [2.05, 4.69) is 25.7 Å². The van der Waals surface area contributed by atoms with Gasteiger partial charge in [0.15, 0.2) is 5.76 Å². The number of H-pyrrole nitrogens is 1. The summed E-state index contributed by atoms with van der Waals surface area (Å²) in [6.45, 7) is 0. The fourth-order valence-electron chi connectivity index (χ4n) is 1.67. The predicted molar refractivity (Wildman–Crippen MR) is 85.9 cm³/mol. The minimum atomic E-state index is -0.673. The highest BCUT2D eigenvalue weighted by Crippen LogP contribution is 2.27. The van der Waals surface area contributed by atoms with Crippen molar-refractivity contribution in [1.82, 2.24) is 20.6 Å². The van der Waals surface area contributed by atoms with Crippen LogP contribution < -0.4 is 5.43 Å². The first-order chi connectivity index (χ1) is 12.1. The molecular formula is C13H10N6O5S. The number of carbonyl (C=O) groups is 1. The van der Waals surface area contributed by atoms with Gasteiger partial charge in [0.05, 0.1) is 23.7 Å². The van der Waals surface area contributed by atoms with Crippen LogP contribution in [0.25, 0.3) is 11.7 Å². The van der Waals surface area contributed by atoms with E-state index in [4.69, 9.17) is 8.83 Å². The van der Waals surface area contributed by atoms with Gasteiger partial charge in [-0.2, -0.15) is 5.10 Å². The molecule has 0 fully saturated rings. The fraction of sp³-hybridized carbons (Fsp3) is 0.0769. The number of aromatic nitrogens is 3. The summed E-state index contributed by atoms with van der Waals surface area (Å²) in [6, 6.07) is 6.13. The molecule has 3 heterocycles. The summed E-state index contributed by atoms with van der Waals surface area (Å²) in [4.78, 5) is 24.5. The van der Waals surface area contributed by atoms with E-state index < -0.39 is 10.8 Å². The highest BCUT2D eigenvalue weighted by atomic mass is 32.2. The lowest BCUT2D eigenvalue weighted by atomic mass is 10.4. The van der Waals surface area contributed by atoms with Crippen molar-refractivity contribution in [2.24, 2.45) is 5.10 Å². The number of furan rings is 1. The Labute approximate surface area is 143 Å². The average Bonchev–Trinajstić information content (AvgIpc) is 3.33. The highest BCUT2D eigenvalue weighted by Gasteiger charge is 2.18. The molecule has 3 rings (SSSR count). The maximum absolute atomic E-state index is 11.7. The van der Waals surface area contributed by atoms with E-state index in [9.17, 15) is 14.9 Å². The van der Waals surface area contributed by atoms with Crippen molar-refractivity contribution in [2.75, 3.05) is 5.75 Å². The van der Waals surface area contributed by atoms with E-state index in [0.29, 0.717) is 0 Å². The van der Waals surface area contributed by atoms with Crippen LogP contribution in [0.2, 0.25) is 0 Å². The second-order valence-electron chi connectivity index (χ2n) is 4.48. The first-order valence-corrected chi connectivity index (χ1v) is 7.76. The van der Waals surface area contributed by atoms with E-state index in [1.54, 1.807) is 18.3 Å². The van der Waals surface area contributed by atoms with Crippen molar-refractivity contribution in [2.45, 2.75) is 5.22 Å². The Balaban J connectivity index is 1.51. The first kappa shape index (κ1) is 16.4. The monoisotopic (exact) mass is 362 g/mol. The Bertz CT molecular complexity index is 900. The number of thioether (sulfide) groups is 1. The summed E-state index contributed by atoms with van der Waals surface area (Å²) in [5.41, 5.74) is 3.10. The Morgan fingerprint density at radius 3 is 3.00 bits per heavy atom. The SMILES string of the molecule is O=C(CSc1nnc(-c2ccc([N+](=O)[O-])o2)o1)N/N=C/c1ccc[nH]1. The standard InChI is InChI=1S/C13H10N6O5S/c20-10(16-15-6-8-2-1-5-14-8)7-25-13-18-17-12(24-13)9-3-4-11(23-9)19(21)22/h1-6,14H,7H2,(H,16,20)/b15-6+. The Hall–Kier alpha value is -3.41. The molecule has 0 aromatic carbocycles. The molecule has 0 atom stereocenters. The molecule has 11 nitrogen and oxygen atoms in total. The van der Waals surface area contributed by atoms with Crippen LogP contribution in [0.3, 0.4) is 0 Å². The molecule has 0 spiro atoms. The molecular weight excluding hydrogens is 352 g/mol. The van der Waals surface area contributed by atoms with Gasteiger partial charge in [-0.05, 0) is 18.2 Å². The lowest BCUT2D eigenvalue weighted by Gasteiger charge is -1.96. The van der Waals surface area contributed by atoms with Gasteiger partial charge >= 0.3 is 5.88 Å². The van der Waals surface area contributed by atoms with Crippen LogP contribution >= 0.6 is 11.8 Å². The zero-order valence-corrected chi connectivity index (χ0v) is 13.2. The lowest BCUT2D eigenvalue weighted by molar-refractivity contribution is -0.401. The normalized spacial score (nSPS) is 11.0. The number of carbonyl (C=O) groups excluding carboxylic acids is 1. The Morgan fingerprint density at radius 2 is 2.28 bits per heavy atom. The van der Waals surface area contributed by atoms with Crippen molar-refractivity contribution >= 4 is 29.8 Å². The molecule has 0 radical (unpaired) electrons. The van der Waals surface area contributed by atoms with E-state index >= 15 is 0 Å². The summed E-state index contributed by atoms with van der Waals surface area (Å²) in [5.74, 6) is -0.725. The van der Waals surface area contributed by atoms with Crippen LogP contribution in [0, 0.1) is 10.1 Å². The Morgan fingerprint density at radius 1 is 1.40 bits per heavy atom. The van der Waals surface area contributed by atoms with E-state index in [1.165, 1.54) is 18.3 Å². The van der Waals surface area contributed by atoms with Gasteiger partial charge in [0, 0.05) is 6.20 Å². The second kappa shape index (κ2) is 7.44.